The fraction of sp³-hybridized carbons (Fsp3) is 0.684. The van der Waals surface area contributed by atoms with Gasteiger partial charge in [-0.15, -0.1) is 11.3 Å². The normalized spacial score (nSPS) is 23.7. The average Bonchev–Trinajstić information content (AvgIpc) is 3.24. The lowest BCUT2D eigenvalue weighted by atomic mass is 9.85. The molecule has 0 aromatic carbocycles. The van der Waals surface area contributed by atoms with Crippen molar-refractivity contribution in [2.45, 2.75) is 65.0 Å². The quantitative estimate of drug-likeness (QED) is 0.901. The number of carbonyl (C=O) groups excluding carboxylic acids is 2. The van der Waals surface area contributed by atoms with Gasteiger partial charge in [-0.2, -0.15) is 0 Å². The molecule has 2 fully saturated rings. The minimum Gasteiger partial charge on any atom is -0.348 e. The molecule has 0 bridgehead atoms. The van der Waals surface area contributed by atoms with Crippen molar-refractivity contribution in [2.24, 2.45) is 11.3 Å². The zero-order chi connectivity index (χ0) is 17.3. The standard InChI is InChI=1S/C19H28N2O2S/c1-19(2,3)17(15-9-6-10-24-15)20-18(23)13-11-16(22)21(12-13)14-7-4-5-8-14/h6,9-10,13-14,17H,4-5,7-8,11-12H2,1-3H3,(H,20,23)/t13-,17-/m1/s1. The molecule has 1 saturated heterocycles. The largest absolute Gasteiger partial charge is 0.348 e. The van der Waals surface area contributed by atoms with E-state index in [1.54, 1.807) is 11.3 Å². The van der Waals surface area contributed by atoms with Crippen molar-refractivity contribution in [3.63, 3.8) is 0 Å². The first-order valence-electron chi connectivity index (χ1n) is 8.99. The number of rotatable bonds is 4. The van der Waals surface area contributed by atoms with Gasteiger partial charge in [0.1, 0.15) is 0 Å². The molecule has 1 aliphatic carbocycles. The number of hydrogen-bond acceptors (Lipinski definition) is 3. The van der Waals surface area contributed by atoms with Crippen LogP contribution < -0.4 is 5.32 Å². The SMILES string of the molecule is CC(C)(C)[C@H](NC(=O)[C@@H]1CC(=O)N(C2CCCC2)C1)c1cccs1. The van der Waals surface area contributed by atoms with E-state index < -0.39 is 0 Å². The van der Waals surface area contributed by atoms with Gasteiger partial charge in [-0.1, -0.05) is 39.7 Å². The van der Waals surface area contributed by atoms with E-state index >= 15 is 0 Å². The Morgan fingerprint density at radius 2 is 2.04 bits per heavy atom. The molecule has 132 valence electrons. The number of thiophene rings is 1. The minimum absolute atomic E-state index is 0.0133. The van der Waals surface area contributed by atoms with Crippen LogP contribution >= 0.6 is 11.3 Å². The number of hydrogen-bond donors (Lipinski definition) is 1. The van der Waals surface area contributed by atoms with Crippen molar-refractivity contribution in [2.75, 3.05) is 6.54 Å². The fourth-order valence-electron chi connectivity index (χ4n) is 3.91. The van der Waals surface area contributed by atoms with Crippen LogP contribution in [0.25, 0.3) is 0 Å². The highest BCUT2D eigenvalue weighted by Gasteiger charge is 2.40. The zero-order valence-electron chi connectivity index (χ0n) is 14.9. The lowest BCUT2D eigenvalue weighted by molar-refractivity contribution is -0.130. The van der Waals surface area contributed by atoms with Crippen LogP contribution in [0.15, 0.2) is 17.5 Å². The highest BCUT2D eigenvalue weighted by Crippen LogP contribution is 2.36. The Bertz CT molecular complexity index is 585. The molecular formula is C19H28N2O2S. The number of likely N-dealkylation sites (tertiary alicyclic amines) is 1. The lowest BCUT2D eigenvalue weighted by Gasteiger charge is -2.31. The summed E-state index contributed by atoms with van der Waals surface area (Å²) in [6.45, 7) is 7.02. The van der Waals surface area contributed by atoms with E-state index in [-0.39, 0.29) is 29.2 Å². The van der Waals surface area contributed by atoms with E-state index in [0.29, 0.717) is 19.0 Å². The van der Waals surface area contributed by atoms with Crippen LogP contribution in [0.3, 0.4) is 0 Å². The third-order valence-corrected chi connectivity index (χ3v) is 6.21. The summed E-state index contributed by atoms with van der Waals surface area (Å²) in [4.78, 5) is 28.3. The molecule has 0 unspecified atom stereocenters. The first-order chi connectivity index (χ1) is 11.4. The summed E-state index contributed by atoms with van der Waals surface area (Å²) in [5, 5.41) is 5.27. The summed E-state index contributed by atoms with van der Waals surface area (Å²) in [5.41, 5.74) is -0.0612. The van der Waals surface area contributed by atoms with E-state index in [0.717, 1.165) is 12.8 Å². The van der Waals surface area contributed by atoms with Gasteiger partial charge in [-0.05, 0) is 29.7 Å². The van der Waals surface area contributed by atoms with E-state index in [1.807, 2.05) is 16.3 Å². The van der Waals surface area contributed by atoms with Crippen LogP contribution in [-0.4, -0.2) is 29.3 Å². The molecule has 1 aromatic rings. The molecule has 1 aliphatic heterocycles. The maximum Gasteiger partial charge on any atom is 0.225 e. The summed E-state index contributed by atoms with van der Waals surface area (Å²) in [6.07, 6.45) is 4.97. The highest BCUT2D eigenvalue weighted by atomic mass is 32.1. The van der Waals surface area contributed by atoms with E-state index in [2.05, 4.69) is 32.2 Å². The maximum atomic E-state index is 12.8. The first-order valence-corrected chi connectivity index (χ1v) is 9.87. The molecule has 2 heterocycles. The van der Waals surface area contributed by atoms with Gasteiger partial charge in [0.05, 0.1) is 12.0 Å². The molecule has 2 aliphatic rings. The molecule has 1 aromatic heterocycles. The van der Waals surface area contributed by atoms with Crippen molar-refractivity contribution < 1.29 is 9.59 Å². The molecule has 2 atom stereocenters. The Labute approximate surface area is 148 Å². The lowest BCUT2D eigenvalue weighted by Crippen LogP contribution is -2.41. The topological polar surface area (TPSA) is 49.4 Å². The van der Waals surface area contributed by atoms with Crippen molar-refractivity contribution in [3.05, 3.63) is 22.4 Å². The molecule has 2 amide bonds. The van der Waals surface area contributed by atoms with Gasteiger partial charge in [0.2, 0.25) is 11.8 Å². The van der Waals surface area contributed by atoms with Gasteiger partial charge in [0, 0.05) is 23.9 Å². The predicted octanol–water partition coefficient (Wildman–Crippen LogP) is 3.74. The molecule has 3 rings (SSSR count). The number of amides is 2. The predicted molar refractivity (Wildman–Crippen MR) is 96.7 cm³/mol. The Hall–Kier alpha value is -1.36. The minimum atomic E-state index is -0.206. The first kappa shape index (κ1) is 17.5. The van der Waals surface area contributed by atoms with Gasteiger partial charge < -0.3 is 10.2 Å². The van der Waals surface area contributed by atoms with Crippen molar-refractivity contribution in [1.82, 2.24) is 10.2 Å². The van der Waals surface area contributed by atoms with Gasteiger partial charge in [0.15, 0.2) is 0 Å². The molecule has 1 saturated carbocycles. The number of nitrogens with one attached hydrogen (secondary N) is 1. The maximum absolute atomic E-state index is 12.8. The summed E-state index contributed by atoms with van der Waals surface area (Å²) in [7, 11) is 0. The van der Waals surface area contributed by atoms with Gasteiger partial charge in [0.25, 0.3) is 0 Å². The van der Waals surface area contributed by atoms with E-state index in [1.165, 1.54) is 17.7 Å². The number of carbonyl (C=O) groups is 2. The number of nitrogens with zero attached hydrogens (tertiary/aromatic N) is 1. The smallest absolute Gasteiger partial charge is 0.225 e. The van der Waals surface area contributed by atoms with E-state index in [4.69, 9.17) is 0 Å². The average molecular weight is 349 g/mol. The van der Waals surface area contributed by atoms with Crippen LogP contribution in [-0.2, 0) is 9.59 Å². The second-order valence-electron chi connectivity index (χ2n) is 8.21. The van der Waals surface area contributed by atoms with Crippen LogP contribution in [0.2, 0.25) is 0 Å². The Balaban J connectivity index is 1.66. The van der Waals surface area contributed by atoms with Gasteiger partial charge >= 0.3 is 0 Å². The molecular weight excluding hydrogens is 320 g/mol. The third kappa shape index (κ3) is 3.66. The molecule has 4 nitrogen and oxygen atoms in total. The Morgan fingerprint density at radius 1 is 1.33 bits per heavy atom. The second kappa shape index (κ2) is 6.87. The van der Waals surface area contributed by atoms with Crippen molar-refractivity contribution >= 4 is 23.2 Å². The van der Waals surface area contributed by atoms with Gasteiger partial charge in [-0.3, -0.25) is 9.59 Å². The van der Waals surface area contributed by atoms with Crippen molar-refractivity contribution in [1.29, 1.82) is 0 Å². The van der Waals surface area contributed by atoms with Crippen molar-refractivity contribution in [3.8, 4) is 0 Å². The fourth-order valence-corrected chi connectivity index (χ4v) is 4.93. The molecule has 5 heteroatoms. The van der Waals surface area contributed by atoms with Crippen LogP contribution in [0.1, 0.15) is 63.8 Å². The molecule has 1 N–H and O–H groups in total. The zero-order valence-corrected chi connectivity index (χ0v) is 15.7. The monoisotopic (exact) mass is 348 g/mol. The van der Waals surface area contributed by atoms with Crippen LogP contribution in [0.4, 0.5) is 0 Å². The van der Waals surface area contributed by atoms with Crippen LogP contribution in [0.5, 0.6) is 0 Å². The van der Waals surface area contributed by atoms with Crippen LogP contribution in [0, 0.1) is 11.3 Å². The molecule has 24 heavy (non-hydrogen) atoms. The molecule has 0 spiro atoms. The summed E-state index contributed by atoms with van der Waals surface area (Å²) in [5.74, 6) is -0.0226. The summed E-state index contributed by atoms with van der Waals surface area (Å²) >= 11 is 1.67. The third-order valence-electron chi connectivity index (χ3n) is 5.28. The molecule has 0 radical (unpaired) electrons. The summed E-state index contributed by atoms with van der Waals surface area (Å²) < 4.78 is 0. The Kier molecular flexibility index (Phi) is 5.00. The second-order valence-corrected chi connectivity index (χ2v) is 9.19. The Morgan fingerprint density at radius 3 is 2.62 bits per heavy atom. The van der Waals surface area contributed by atoms with E-state index in [9.17, 15) is 9.59 Å². The van der Waals surface area contributed by atoms with Gasteiger partial charge in [-0.25, -0.2) is 0 Å². The summed E-state index contributed by atoms with van der Waals surface area (Å²) in [6, 6.07) is 4.45. The highest BCUT2D eigenvalue weighted by molar-refractivity contribution is 7.10.